The molecule has 0 aliphatic heterocycles. The van der Waals surface area contributed by atoms with E-state index in [1.165, 1.54) is 0 Å². The predicted molar refractivity (Wildman–Crippen MR) is 66.5 cm³/mol. The first kappa shape index (κ1) is 11.8. The summed E-state index contributed by atoms with van der Waals surface area (Å²) < 4.78 is 5.55. The molecule has 1 aromatic carbocycles. The van der Waals surface area contributed by atoms with Gasteiger partial charge in [-0.25, -0.2) is 0 Å². The molecule has 0 aliphatic carbocycles. The number of benzene rings is 1. The van der Waals surface area contributed by atoms with E-state index in [2.05, 4.69) is 0 Å². The van der Waals surface area contributed by atoms with Crippen molar-refractivity contribution < 1.29 is 14.6 Å². The van der Waals surface area contributed by atoms with Crippen molar-refractivity contribution in [3.63, 3.8) is 0 Å². The molecule has 0 saturated carbocycles. The Kier molecular flexibility index (Phi) is 3.90. The van der Waals surface area contributed by atoms with Crippen molar-refractivity contribution in [1.29, 1.82) is 0 Å². The summed E-state index contributed by atoms with van der Waals surface area (Å²) in [4.78, 5) is 11.2. The first-order chi connectivity index (χ1) is 8.29. The topological polar surface area (TPSA) is 46.5 Å². The van der Waals surface area contributed by atoms with E-state index >= 15 is 0 Å². The van der Waals surface area contributed by atoms with Gasteiger partial charge >= 0.3 is 0 Å². The third-order valence-electron chi connectivity index (χ3n) is 2.31. The second-order valence-corrected chi connectivity index (χ2v) is 4.31. The highest BCUT2D eigenvalue weighted by molar-refractivity contribution is 7.07. The van der Waals surface area contributed by atoms with Gasteiger partial charge in [0.2, 0.25) is 0 Å². The van der Waals surface area contributed by atoms with Gasteiger partial charge in [0, 0.05) is 5.56 Å². The van der Waals surface area contributed by atoms with E-state index in [-0.39, 0.29) is 5.78 Å². The van der Waals surface area contributed by atoms with Crippen LogP contribution in [0.3, 0.4) is 0 Å². The highest BCUT2D eigenvalue weighted by Crippen LogP contribution is 2.15. The van der Waals surface area contributed by atoms with Crippen LogP contribution < -0.4 is 4.74 Å². The van der Waals surface area contributed by atoms with Crippen molar-refractivity contribution >= 4 is 17.1 Å². The fraction of sp³-hybridized carbons (Fsp3) is 0.154. The molecule has 3 nitrogen and oxygen atoms in total. The van der Waals surface area contributed by atoms with Gasteiger partial charge in [-0.3, -0.25) is 4.79 Å². The Morgan fingerprint density at radius 1 is 1.24 bits per heavy atom. The molecule has 0 unspecified atom stereocenters. The zero-order valence-electron chi connectivity index (χ0n) is 9.13. The highest BCUT2D eigenvalue weighted by Gasteiger charge is 2.03. The zero-order valence-corrected chi connectivity index (χ0v) is 9.94. The number of Topliss-reactive ketones (excluding diaryl/α,β-unsaturated/α-hetero) is 1. The second kappa shape index (κ2) is 5.61. The van der Waals surface area contributed by atoms with Crippen molar-refractivity contribution in [1.82, 2.24) is 0 Å². The molecule has 88 valence electrons. The second-order valence-electron chi connectivity index (χ2n) is 3.53. The molecular formula is C13H12O3S. The molecule has 0 fully saturated rings. The smallest absolute Gasteiger partial charge is 0.188 e. The van der Waals surface area contributed by atoms with Crippen molar-refractivity contribution in [2.45, 2.75) is 6.61 Å². The number of rotatable bonds is 5. The van der Waals surface area contributed by atoms with Crippen LogP contribution in [0.4, 0.5) is 0 Å². The quantitative estimate of drug-likeness (QED) is 0.827. The summed E-state index contributed by atoms with van der Waals surface area (Å²) >= 11 is 1.63. The number of ether oxygens (including phenoxy) is 1. The van der Waals surface area contributed by atoms with Crippen molar-refractivity contribution in [3.05, 3.63) is 52.2 Å². The van der Waals surface area contributed by atoms with E-state index in [9.17, 15) is 4.79 Å². The van der Waals surface area contributed by atoms with Crippen LogP contribution in [0.2, 0.25) is 0 Å². The predicted octanol–water partition coefficient (Wildman–Crippen LogP) is 2.50. The van der Waals surface area contributed by atoms with Crippen LogP contribution in [0, 0.1) is 0 Å². The van der Waals surface area contributed by atoms with Crippen LogP contribution in [-0.4, -0.2) is 17.5 Å². The molecule has 2 aromatic rings. The number of carbonyl (C=O) groups excluding carboxylic acids is 1. The summed E-state index contributed by atoms with van der Waals surface area (Å²) in [5, 5.41) is 12.7. The maximum Gasteiger partial charge on any atom is 0.188 e. The van der Waals surface area contributed by atoms with E-state index in [0.29, 0.717) is 17.9 Å². The molecule has 0 atom stereocenters. The van der Waals surface area contributed by atoms with E-state index in [1.807, 2.05) is 16.8 Å². The number of carbonyl (C=O) groups is 1. The van der Waals surface area contributed by atoms with E-state index in [1.54, 1.807) is 35.6 Å². The lowest BCUT2D eigenvalue weighted by molar-refractivity contribution is 0.0903. The van der Waals surface area contributed by atoms with Gasteiger partial charge in [-0.05, 0) is 46.7 Å². The maximum absolute atomic E-state index is 11.2. The molecule has 4 heteroatoms. The van der Waals surface area contributed by atoms with Crippen molar-refractivity contribution in [2.75, 3.05) is 6.61 Å². The van der Waals surface area contributed by atoms with Gasteiger partial charge in [-0.2, -0.15) is 11.3 Å². The first-order valence-corrected chi connectivity index (χ1v) is 6.12. The minimum absolute atomic E-state index is 0.283. The number of aliphatic hydroxyl groups is 1. The monoisotopic (exact) mass is 248 g/mol. The number of hydrogen-bond acceptors (Lipinski definition) is 4. The van der Waals surface area contributed by atoms with Gasteiger partial charge in [0.25, 0.3) is 0 Å². The summed E-state index contributed by atoms with van der Waals surface area (Å²) in [6, 6.07) is 8.78. The van der Waals surface area contributed by atoms with Crippen molar-refractivity contribution in [3.8, 4) is 5.75 Å². The molecule has 0 spiro atoms. The minimum atomic E-state index is -0.463. The van der Waals surface area contributed by atoms with Crippen LogP contribution in [0.25, 0.3) is 0 Å². The number of hydrogen-bond donors (Lipinski definition) is 1. The van der Waals surface area contributed by atoms with Gasteiger partial charge in [0.15, 0.2) is 5.78 Å². The molecule has 17 heavy (non-hydrogen) atoms. The molecule has 1 N–H and O–H groups in total. The van der Waals surface area contributed by atoms with Crippen LogP contribution in [0.15, 0.2) is 41.1 Å². The molecule has 2 rings (SSSR count). The normalized spacial score (nSPS) is 10.2. The molecule has 1 aromatic heterocycles. The molecule has 0 bridgehead atoms. The van der Waals surface area contributed by atoms with E-state index in [0.717, 1.165) is 5.56 Å². The van der Waals surface area contributed by atoms with Gasteiger partial charge < -0.3 is 9.84 Å². The Hall–Kier alpha value is -1.65. The van der Waals surface area contributed by atoms with Gasteiger partial charge in [-0.15, -0.1) is 0 Å². The Balaban J connectivity index is 1.96. The van der Waals surface area contributed by atoms with Gasteiger partial charge in [0.1, 0.15) is 19.0 Å². The Morgan fingerprint density at radius 2 is 2.00 bits per heavy atom. The summed E-state index contributed by atoms with van der Waals surface area (Å²) in [6.07, 6.45) is 0. The van der Waals surface area contributed by atoms with Crippen LogP contribution >= 0.6 is 11.3 Å². The third kappa shape index (κ3) is 3.15. The molecule has 0 aliphatic rings. The summed E-state index contributed by atoms with van der Waals surface area (Å²) in [5.41, 5.74) is 1.63. The molecular weight excluding hydrogens is 236 g/mol. The summed E-state index contributed by atoms with van der Waals surface area (Å²) in [6.45, 7) is 0.0614. The standard InChI is InChI=1S/C13H12O3S/c14-7-13(15)11-1-3-12(4-2-11)16-8-10-5-6-17-9-10/h1-6,9,14H,7-8H2. The molecule has 1 heterocycles. The molecule has 0 saturated heterocycles. The Bertz CT molecular complexity index is 474. The first-order valence-electron chi connectivity index (χ1n) is 5.17. The third-order valence-corrected chi connectivity index (χ3v) is 3.04. The minimum Gasteiger partial charge on any atom is -0.489 e. The zero-order chi connectivity index (χ0) is 12.1. The van der Waals surface area contributed by atoms with Gasteiger partial charge in [0.05, 0.1) is 0 Å². The molecule has 0 radical (unpaired) electrons. The lowest BCUT2D eigenvalue weighted by atomic mass is 10.1. The van der Waals surface area contributed by atoms with E-state index < -0.39 is 6.61 Å². The highest BCUT2D eigenvalue weighted by atomic mass is 32.1. The fourth-order valence-corrected chi connectivity index (χ4v) is 2.02. The van der Waals surface area contributed by atoms with E-state index in [4.69, 9.17) is 9.84 Å². The SMILES string of the molecule is O=C(CO)c1ccc(OCc2ccsc2)cc1. The van der Waals surface area contributed by atoms with Crippen molar-refractivity contribution in [2.24, 2.45) is 0 Å². The van der Waals surface area contributed by atoms with Crippen LogP contribution in [0.1, 0.15) is 15.9 Å². The Morgan fingerprint density at radius 3 is 2.59 bits per heavy atom. The summed E-state index contributed by atoms with van der Waals surface area (Å²) in [7, 11) is 0. The van der Waals surface area contributed by atoms with Crippen LogP contribution in [-0.2, 0) is 6.61 Å². The number of aliphatic hydroxyl groups excluding tert-OH is 1. The maximum atomic E-state index is 11.2. The lowest BCUT2D eigenvalue weighted by Gasteiger charge is -2.05. The largest absolute Gasteiger partial charge is 0.489 e. The average molecular weight is 248 g/mol. The van der Waals surface area contributed by atoms with Crippen LogP contribution in [0.5, 0.6) is 5.75 Å². The fourth-order valence-electron chi connectivity index (χ4n) is 1.37. The average Bonchev–Trinajstić information content (AvgIpc) is 2.89. The summed E-state index contributed by atoms with van der Waals surface area (Å²) in [5.74, 6) is 0.431. The Labute approximate surface area is 103 Å². The number of ketones is 1. The number of thiophene rings is 1. The van der Waals surface area contributed by atoms with Gasteiger partial charge in [-0.1, -0.05) is 0 Å². The lowest BCUT2D eigenvalue weighted by Crippen LogP contribution is -2.03. The molecule has 0 amide bonds.